The molecule has 0 amide bonds. The van der Waals surface area contributed by atoms with Gasteiger partial charge in [-0.05, 0) is 25.7 Å². The molecule has 0 radical (unpaired) electrons. The number of carbonyl (C=O) groups is 1. The van der Waals surface area contributed by atoms with Crippen LogP contribution in [0.1, 0.15) is 29.2 Å². The molecule has 0 spiro atoms. The van der Waals surface area contributed by atoms with Crippen molar-refractivity contribution in [2.75, 3.05) is 6.54 Å². The first kappa shape index (κ1) is 14.0. The number of carboxylic acid groups (broad SMARTS) is 1. The van der Waals surface area contributed by atoms with E-state index in [0.29, 0.717) is 0 Å². The van der Waals surface area contributed by atoms with E-state index in [0.717, 1.165) is 18.9 Å². The molecule has 19 heavy (non-hydrogen) atoms. The van der Waals surface area contributed by atoms with Gasteiger partial charge >= 0.3 is 5.97 Å². The number of aryl methyl sites for hydroxylation is 1. The van der Waals surface area contributed by atoms with E-state index in [1.165, 1.54) is 6.92 Å². The largest absolute Gasteiger partial charge is 0.475 e. The van der Waals surface area contributed by atoms with Crippen LogP contribution in [0.4, 0.5) is 0 Å². The van der Waals surface area contributed by atoms with Gasteiger partial charge in [0.1, 0.15) is 10.7 Å². The van der Waals surface area contributed by atoms with Crippen molar-refractivity contribution in [1.29, 1.82) is 0 Å². The topological polar surface area (TPSA) is 117 Å². The van der Waals surface area contributed by atoms with Crippen LogP contribution >= 0.6 is 0 Å². The van der Waals surface area contributed by atoms with Crippen molar-refractivity contribution in [3.8, 4) is 0 Å². The number of furan rings is 1. The maximum absolute atomic E-state index is 12.0. The van der Waals surface area contributed by atoms with E-state index >= 15 is 0 Å². The van der Waals surface area contributed by atoms with Crippen LogP contribution in [0.2, 0.25) is 0 Å². The van der Waals surface area contributed by atoms with E-state index < -0.39 is 27.9 Å². The standard InChI is InChI=1S/C11H15NO6S/c1-6-10(4-9(18-6)11(14)15)19(16,17)12-5-8(13)7-2-3-7/h4,7-8,12-13H,2-3,5H2,1H3,(H,14,15). The monoisotopic (exact) mass is 289 g/mol. The van der Waals surface area contributed by atoms with Crippen LogP contribution in [0.5, 0.6) is 0 Å². The number of rotatable bonds is 6. The van der Waals surface area contributed by atoms with Gasteiger partial charge in [0.25, 0.3) is 0 Å². The highest BCUT2D eigenvalue weighted by Gasteiger charge is 2.31. The Morgan fingerprint density at radius 1 is 1.58 bits per heavy atom. The molecule has 1 aromatic heterocycles. The van der Waals surface area contributed by atoms with Crippen LogP contribution in [0.25, 0.3) is 0 Å². The Kier molecular flexibility index (Phi) is 3.66. The van der Waals surface area contributed by atoms with E-state index in [4.69, 9.17) is 9.52 Å². The van der Waals surface area contributed by atoms with Crippen molar-refractivity contribution in [3.05, 3.63) is 17.6 Å². The molecule has 7 nitrogen and oxygen atoms in total. The first-order chi connectivity index (χ1) is 8.81. The molecule has 1 aromatic rings. The maximum Gasteiger partial charge on any atom is 0.371 e. The van der Waals surface area contributed by atoms with Crippen molar-refractivity contribution < 1.29 is 27.8 Å². The van der Waals surface area contributed by atoms with Gasteiger partial charge in [-0.15, -0.1) is 0 Å². The SMILES string of the molecule is Cc1oc(C(=O)O)cc1S(=O)(=O)NCC(O)C1CC1. The van der Waals surface area contributed by atoms with Gasteiger partial charge in [-0.2, -0.15) is 0 Å². The average molecular weight is 289 g/mol. The summed E-state index contributed by atoms with van der Waals surface area (Å²) in [6, 6.07) is 0.962. The van der Waals surface area contributed by atoms with Crippen molar-refractivity contribution in [2.45, 2.75) is 30.8 Å². The normalized spacial score (nSPS) is 17.4. The van der Waals surface area contributed by atoms with Gasteiger partial charge < -0.3 is 14.6 Å². The predicted molar refractivity (Wildman–Crippen MR) is 64.3 cm³/mol. The van der Waals surface area contributed by atoms with Gasteiger partial charge in [0.2, 0.25) is 15.8 Å². The Morgan fingerprint density at radius 3 is 2.68 bits per heavy atom. The summed E-state index contributed by atoms with van der Waals surface area (Å²) < 4.78 is 31.0. The molecule has 2 rings (SSSR count). The number of nitrogens with one attached hydrogen (secondary N) is 1. The van der Waals surface area contributed by atoms with E-state index in [-0.39, 0.29) is 23.1 Å². The molecule has 1 atom stereocenters. The number of hydrogen-bond donors (Lipinski definition) is 3. The molecule has 1 saturated carbocycles. The molecule has 8 heteroatoms. The third kappa shape index (κ3) is 3.14. The number of carboxylic acids is 1. The number of aliphatic hydroxyl groups excluding tert-OH is 1. The first-order valence-corrected chi connectivity index (χ1v) is 7.31. The Hall–Kier alpha value is -1.38. The fourth-order valence-electron chi connectivity index (χ4n) is 1.76. The highest BCUT2D eigenvalue weighted by molar-refractivity contribution is 7.89. The molecule has 1 heterocycles. The van der Waals surface area contributed by atoms with E-state index in [1.54, 1.807) is 0 Å². The molecule has 1 aliphatic rings. The lowest BCUT2D eigenvalue weighted by molar-refractivity contribution is 0.0661. The zero-order chi connectivity index (χ0) is 14.2. The highest BCUT2D eigenvalue weighted by Crippen LogP contribution is 2.32. The lowest BCUT2D eigenvalue weighted by atomic mass is 10.2. The average Bonchev–Trinajstić information content (AvgIpc) is 3.09. The van der Waals surface area contributed by atoms with E-state index in [9.17, 15) is 18.3 Å². The zero-order valence-corrected chi connectivity index (χ0v) is 11.1. The number of hydrogen-bond acceptors (Lipinski definition) is 5. The number of sulfonamides is 1. The van der Waals surface area contributed by atoms with Crippen molar-refractivity contribution >= 4 is 16.0 Å². The Balaban J connectivity index is 2.12. The van der Waals surface area contributed by atoms with Gasteiger partial charge in [0, 0.05) is 12.6 Å². The predicted octanol–water partition coefficient (Wildman–Crippen LogP) is 0.335. The van der Waals surface area contributed by atoms with Crippen molar-refractivity contribution in [1.82, 2.24) is 4.72 Å². The molecule has 3 N–H and O–H groups in total. The van der Waals surface area contributed by atoms with Gasteiger partial charge in [0.05, 0.1) is 6.10 Å². The summed E-state index contributed by atoms with van der Waals surface area (Å²) in [5.74, 6) is -1.60. The Bertz CT molecular complexity index is 586. The second-order valence-electron chi connectivity index (χ2n) is 4.59. The molecular weight excluding hydrogens is 274 g/mol. The summed E-state index contributed by atoms with van der Waals surface area (Å²) in [6.07, 6.45) is 1.09. The van der Waals surface area contributed by atoms with Crippen LogP contribution < -0.4 is 4.72 Å². The van der Waals surface area contributed by atoms with Gasteiger partial charge in [-0.25, -0.2) is 17.9 Å². The molecule has 0 bridgehead atoms. The number of aromatic carboxylic acids is 1. The molecule has 0 aromatic carbocycles. The van der Waals surface area contributed by atoms with Gasteiger partial charge in [0.15, 0.2) is 0 Å². The summed E-state index contributed by atoms with van der Waals surface area (Å²) in [4.78, 5) is 10.5. The van der Waals surface area contributed by atoms with E-state index in [2.05, 4.69) is 4.72 Å². The zero-order valence-electron chi connectivity index (χ0n) is 10.3. The minimum atomic E-state index is -3.87. The maximum atomic E-state index is 12.0. The quantitative estimate of drug-likeness (QED) is 0.695. The van der Waals surface area contributed by atoms with Crippen molar-refractivity contribution in [2.24, 2.45) is 5.92 Å². The summed E-state index contributed by atoms with van der Waals surface area (Å²) in [7, 11) is -3.87. The summed E-state index contributed by atoms with van der Waals surface area (Å²) in [6.45, 7) is 1.29. The Labute approximate surface area is 110 Å². The third-order valence-electron chi connectivity index (χ3n) is 3.02. The van der Waals surface area contributed by atoms with Gasteiger partial charge in [-0.3, -0.25) is 0 Å². The van der Waals surface area contributed by atoms with Crippen LogP contribution in [0.3, 0.4) is 0 Å². The van der Waals surface area contributed by atoms with Crippen molar-refractivity contribution in [3.63, 3.8) is 0 Å². The minimum Gasteiger partial charge on any atom is -0.475 e. The molecule has 1 unspecified atom stereocenters. The lowest BCUT2D eigenvalue weighted by Gasteiger charge is -2.10. The summed E-state index contributed by atoms with van der Waals surface area (Å²) in [5.41, 5.74) is 0. The molecule has 1 fully saturated rings. The summed E-state index contributed by atoms with van der Waals surface area (Å²) >= 11 is 0. The van der Waals surface area contributed by atoms with Crippen LogP contribution in [0.15, 0.2) is 15.4 Å². The Morgan fingerprint density at radius 2 is 2.21 bits per heavy atom. The molecule has 0 saturated heterocycles. The number of aliphatic hydroxyl groups is 1. The lowest BCUT2D eigenvalue weighted by Crippen LogP contribution is -2.33. The second kappa shape index (κ2) is 4.95. The molecule has 1 aliphatic carbocycles. The minimum absolute atomic E-state index is 0.00538. The smallest absolute Gasteiger partial charge is 0.371 e. The summed E-state index contributed by atoms with van der Waals surface area (Å²) in [5, 5.41) is 18.4. The van der Waals surface area contributed by atoms with Crippen LogP contribution in [0, 0.1) is 12.8 Å². The van der Waals surface area contributed by atoms with Crippen LogP contribution in [-0.4, -0.2) is 37.2 Å². The fraction of sp³-hybridized carbons (Fsp3) is 0.545. The first-order valence-electron chi connectivity index (χ1n) is 5.82. The highest BCUT2D eigenvalue weighted by atomic mass is 32.2. The van der Waals surface area contributed by atoms with Gasteiger partial charge in [-0.1, -0.05) is 0 Å². The van der Waals surface area contributed by atoms with Crippen LogP contribution in [-0.2, 0) is 10.0 Å². The fourth-order valence-corrected chi connectivity index (χ4v) is 2.99. The molecule has 106 valence electrons. The molecule has 0 aliphatic heterocycles. The van der Waals surface area contributed by atoms with E-state index in [1.807, 2.05) is 0 Å². The second-order valence-corrected chi connectivity index (χ2v) is 6.33. The molecular formula is C11H15NO6S. The third-order valence-corrected chi connectivity index (χ3v) is 4.55.